The van der Waals surface area contributed by atoms with Crippen molar-refractivity contribution in [1.29, 1.82) is 0 Å². The Morgan fingerprint density at radius 2 is 0.640 bits per heavy atom. The molecule has 0 amide bonds. The molecular weight excluding hydrogens is 412 g/mol. The molecule has 0 spiro atoms. The van der Waals surface area contributed by atoms with Crippen LogP contribution in [0.2, 0.25) is 0 Å². The van der Waals surface area contributed by atoms with E-state index in [9.17, 15) is 70.2 Å². The number of halogens is 16. The lowest BCUT2D eigenvalue weighted by molar-refractivity contribution is -0.420. The summed E-state index contributed by atoms with van der Waals surface area (Å²) in [5, 5.41) is 0. The molecule has 0 aromatic rings. The lowest BCUT2D eigenvalue weighted by Gasteiger charge is -2.38. The topological polar surface area (TPSA) is 0 Å². The average Bonchev–Trinajstić information content (AvgIpc) is 2.31. The molecule has 0 aromatic carbocycles. The maximum atomic E-state index is 13.0. The first kappa shape index (κ1) is 23.6. The highest BCUT2D eigenvalue weighted by molar-refractivity contribution is 5.18. The average molecular weight is 414 g/mol. The largest absolute Gasteiger partial charge is 0.457 e. The fourth-order valence-electron chi connectivity index (χ4n) is 1.15. The number of hydrogen-bond acceptors (Lipinski definition) is 0. The summed E-state index contributed by atoms with van der Waals surface area (Å²) >= 11 is 0. The summed E-state index contributed by atoms with van der Waals surface area (Å²) in [7, 11) is 0. The molecule has 0 saturated heterocycles. The summed E-state index contributed by atoms with van der Waals surface area (Å²) in [4.78, 5) is 0. The standard InChI is InChI=1S/C9H2F16/c10-3(11,1-2-4(12,13)7(17,18)19)6(15,16)5(14,8(20,21)22)9(23,24)25/h1-2H/b2-1+. The van der Waals surface area contributed by atoms with Crippen molar-refractivity contribution in [3.63, 3.8) is 0 Å². The van der Waals surface area contributed by atoms with Crippen LogP contribution in [0.1, 0.15) is 0 Å². The van der Waals surface area contributed by atoms with Gasteiger partial charge in [-0.2, -0.15) is 65.9 Å². The summed E-state index contributed by atoms with van der Waals surface area (Å²) in [6.45, 7) is 0. The highest BCUT2D eigenvalue weighted by Crippen LogP contribution is 2.59. The van der Waals surface area contributed by atoms with Gasteiger partial charge in [0.05, 0.1) is 0 Å². The van der Waals surface area contributed by atoms with Gasteiger partial charge in [-0.15, -0.1) is 0 Å². The molecule has 0 saturated carbocycles. The Morgan fingerprint density at radius 1 is 0.360 bits per heavy atom. The second-order valence-corrected chi connectivity index (χ2v) is 4.31. The zero-order chi connectivity index (χ0) is 20.9. The molecule has 0 aliphatic carbocycles. The van der Waals surface area contributed by atoms with Crippen LogP contribution < -0.4 is 0 Å². The van der Waals surface area contributed by atoms with Crippen molar-refractivity contribution >= 4 is 0 Å². The third-order valence-corrected chi connectivity index (χ3v) is 2.51. The van der Waals surface area contributed by atoms with E-state index < -0.39 is 54.1 Å². The number of hydrogen-bond donors (Lipinski definition) is 0. The molecule has 25 heavy (non-hydrogen) atoms. The van der Waals surface area contributed by atoms with E-state index in [0.717, 1.165) is 0 Å². The van der Waals surface area contributed by atoms with Gasteiger partial charge < -0.3 is 0 Å². The van der Waals surface area contributed by atoms with Gasteiger partial charge in [-0.1, -0.05) is 0 Å². The number of allylic oxidation sites excluding steroid dienone is 2. The lowest BCUT2D eigenvalue weighted by atomic mass is 9.90. The van der Waals surface area contributed by atoms with Crippen LogP contribution in [0.3, 0.4) is 0 Å². The van der Waals surface area contributed by atoms with Crippen molar-refractivity contribution in [3.8, 4) is 0 Å². The monoisotopic (exact) mass is 414 g/mol. The van der Waals surface area contributed by atoms with Crippen LogP contribution in [-0.2, 0) is 0 Å². The second-order valence-electron chi connectivity index (χ2n) is 4.31. The van der Waals surface area contributed by atoms with Crippen LogP contribution >= 0.6 is 0 Å². The molecule has 0 bridgehead atoms. The minimum atomic E-state index is -7.95. The Labute approximate surface area is 126 Å². The van der Waals surface area contributed by atoms with Gasteiger partial charge in [0.1, 0.15) is 0 Å². The maximum absolute atomic E-state index is 13.0. The normalized spacial score (nSPS) is 16.6. The fraction of sp³-hybridized carbons (Fsp3) is 0.778. The molecule has 0 heterocycles. The smallest absolute Gasteiger partial charge is 0.216 e. The van der Waals surface area contributed by atoms with Gasteiger partial charge in [0.25, 0.3) is 0 Å². The molecule has 0 nitrogen and oxygen atoms in total. The van der Waals surface area contributed by atoms with E-state index in [1.807, 2.05) is 0 Å². The third kappa shape index (κ3) is 3.75. The van der Waals surface area contributed by atoms with E-state index >= 15 is 0 Å². The lowest BCUT2D eigenvalue weighted by Crippen LogP contribution is -2.69. The Hall–Kier alpha value is -1.38. The van der Waals surface area contributed by atoms with E-state index in [-0.39, 0.29) is 0 Å². The fourth-order valence-corrected chi connectivity index (χ4v) is 1.15. The van der Waals surface area contributed by atoms with Gasteiger partial charge in [-0.3, -0.25) is 0 Å². The van der Waals surface area contributed by atoms with Crippen molar-refractivity contribution < 1.29 is 70.2 Å². The summed E-state index contributed by atoms with van der Waals surface area (Å²) < 4.78 is 196. The van der Waals surface area contributed by atoms with E-state index in [1.165, 1.54) is 0 Å². The SMILES string of the molecule is FC(F)(F)C(F)(F)/C=C/C(F)(F)C(F)(F)C(F)(C(F)(F)F)C(F)(F)F. The van der Waals surface area contributed by atoms with Gasteiger partial charge in [0.2, 0.25) is 0 Å². The van der Waals surface area contributed by atoms with Gasteiger partial charge in [-0.05, 0) is 12.2 Å². The molecule has 16 heteroatoms. The molecule has 0 aromatic heterocycles. The van der Waals surface area contributed by atoms with Gasteiger partial charge in [-0.25, -0.2) is 4.39 Å². The van der Waals surface area contributed by atoms with Crippen molar-refractivity contribution in [2.45, 2.75) is 42.0 Å². The highest BCUT2D eigenvalue weighted by Gasteiger charge is 2.89. The van der Waals surface area contributed by atoms with Crippen molar-refractivity contribution in [3.05, 3.63) is 12.2 Å². The van der Waals surface area contributed by atoms with Gasteiger partial charge in [0, 0.05) is 0 Å². The van der Waals surface area contributed by atoms with E-state index in [0.29, 0.717) is 0 Å². The quantitative estimate of drug-likeness (QED) is 0.401. The van der Waals surface area contributed by atoms with Crippen LogP contribution in [0, 0.1) is 0 Å². The molecule has 0 N–H and O–H groups in total. The Balaban J connectivity index is 6.30. The molecule has 0 aliphatic heterocycles. The van der Waals surface area contributed by atoms with E-state index in [1.54, 1.807) is 0 Å². The molecule has 0 atom stereocenters. The van der Waals surface area contributed by atoms with Crippen LogP contribution in [0.25, 0.3) is 0 Å². The minimum absolute atomic E-state index is 2.12. The molecule has 0 radical (unpaired) electrons. The van der Waals surface area contributed by atoms with Crippen molar-refractivity contribution in [1.82, 2.24) is 0 Å². The van der Waals surface area contributed by atoms with Crippen LogP contribution in [-0.4, -0.2) is 42.0 Å². The predicted molar refractivity (Wildman–Crippen MR) is 46.0 cm³/mol. The van der Waals surface area contributed by atoms with Gasteiger partial charge >= 0.3 is 42.0 Å². The molecular formula is C9H2F16. The molecule has 150 valence electrons. The summed E-state index contributed by atoms with van der Waals surface area (Å²) in [5.74, 6) is -21.2. The Morgan fingerprint density at radius 3 is 0.880 bits per heavy atom. The molecule has 0 rings (SSSR count). The molecule has 0 aliphatic rings. The predicted octanol–water partition coefficient (Wildman–Crippen LogP) is 5.84. The number of alkyl halides is 16. The van der Waals surface area contributed by atoms with Crippen LogP contribution in [0.15, 0.2) is 12.2 Å². The molecule has 0 fully saturated rings. The zero-order valence-electron chi connectivity index (χ0n) is 10.7. The van der Waals surface area contributed by atoms with Crippen molar-refractivity contribution in [2.24, 2.45) is 0 Å². The van der Waals surface area contributed by atoms with Crippen LogP contribution in [0.4, 0.5) is 70.2 Å². The minimum Gasteiger partial charge on any atom is -0.216 e. The number of rotatable bonds is 4. The third-order valence-electron chi connectivity index (χ3n) is 2.51. The zero-order valence-corrected chi connectivity index (χ0v) is 10.7. The Bertz CT molecular complexity index is 485. The van der Waals surface area contributed by atoms with E-state index in [4.69, 9.17) is 0 Å². The molecule has 0 unspecified atom stereocenters. The summed E-state index contributed by atoms with van der Waals surface area (Å²) in [5.41, 5.74) is -7.95. The van der Waals surface area contributed by atoms with Gasteiger partial charge in [0.15, 0.2) is 0 Å². The first-order valence-corrected chi connectivity index (χ1v) is 5.18. The second kappa shape index (κ2) is 5.82. The van der Waals surface area contributed by atoms with Crippen LogP contribution in [0.5, 0.6) is 0 Å². The Kier molecular flexibility index (Phi) is 5.50. The summed E-state index contributed by atoms with van der Waals surface area (Å²) in [6, 6.07) is 0. The summed E-state index contributed by atoms with van der Waals surface area (Å²) in [6.07, 6.45) is -26.5. The first-order valence-electron chi connectivity index (χ1n) is 5.18. The maximum Gasteiger partial charge on any atom is 0.457 e. The highest BCUT2D eigenvalue weighted by atomic mass is 19.4. The van der Waals surface area contributed by atoms with E-state index in [2.05, 4.69) is 0 Å². The van der Waals surface area contributed by atoms with Crippen molar-refractivity contribution in [2.75, 3.05) is 0 Å². The first-order chi connectivity index (χ1) is 10.5.